The maximum atomic E-state index is 11.5. The zero-order chi connectivity index (χ0) is 9.78. The van der Waals surface area contributed by atoms with Gasteiger partial charge in [-0.3, -0.25) is 0 Å². The van der Waals surface area contributed by atoms with Gasteiger partial charge in [0.25, 0.3) is 0 Å². The average molecular weight is 183 g/mol. The fraction of sp³-hybridized carbons (Fsp3) is 0.600. The quantitative estimate of drug-likeness (QED) is 0.467. The standard InChI is InChI=1S/C5H8F3N3O/c1-3(9)11-4(10)12-2-5(6,7)8/h2H2,1H3,(H3,9,10,11). The van der Waals surface area contributed by atoms with Crippen LogP contribution in [-0.4, -0.2) is 24.6 Å². The van der Waals surface area contributed by atoms with Crippen molar-refractivity contribution in [1.82, 2.24) is 0 Å². The van der Waals surface area contributed by atoms with Crippen LogP contribution in [0.25, 0.3) is 0 Å². The number of hydrogen-bond acceptors (Lipinski definition) is 2. The van der Waals surface area contributed by atoms with Gasteiger partial charge in [-0.2, -0.15) is 18.2 Å². The van der Waals surface area contributed by atoms with E-state index in [2.05, 4.69) is 9.73 Å². The number of aliphatic imine (C=N–C) groups is 1. The molecule has 0 aliphatic heterocycles. The molecule has 70 valence electrons. The van der Waals surface area contributed by atoms with E-state index in [0.29, 0.717) is 0 Å². The number of ether oxygens (including phenoxy) is 1. The Hall–Kier alpha value is -1.27. The first-order chi connectivity index (χ1) is 5.31. The second kappa shape index (κ2) is 3.93. The van der Waals surface area contributed by atoms with Gasteiger partial charge in [-0.25, -0.2) is 5.41 Å². The van der Waals surface area contributed by atoms with E-state index in [9.17, 15) is 13.2 Å². The monoisotopic (exact) mass is 183 g/mol. The fourth-order valence-electron chi connectivity index (χ4n) is 0.343. The molecule has 0 heterocycles. The van der Waals surface area contributed by atoms with Crippen molar-refractivity contribution in [1.29, 1.82) is 5.41 Å². The van der Waals surface area contributed by atoms with Gasteiger partial charge >= 0.3 is 12.2 Å². The van der Waals surface area contributed by atoms with E-state index in [-0.39, 0.29) is 5.84 Å². The summed E-state index contributed by atoms with van der Waals surface area (Å²) in [6.45, 7) is -0.186. The molecule has 0 bridgehead atoms. The van der Waals surface area contributed by atoms with Gasteiger partial charge in [-0.1, -0.05) is 0 Å². The van der Waals surface area contributed by atoms with Crippen LogP contribution in [0.1, 0.15) is 6.92 Å². The summed E-state index contributed by atoms with van der Waals surface area (Å²) in [6.07, 6.45) is -4.45. The molecule has 0 aliphatic rings. The predicted molar refractivity (Wildman–Crippen MR) is 37.0 cm³/mol. The smallest absolute Gasteiger partial charge is 0.422 e. The molecular formula is C5H8F3N3O. The summed E-state index contributed by atoms with van der Waals surface area (Å²) < 4.78 is 38.3. The molecule has 3 N–H and O–H groups in total. The third-order valence-electron chi connectivity index (χ3n) is 0.650. The van der Waals surface area contributed by atoms with Crippen molar-refractivity contribution in [2.45, 2.75) is 13.1 Å². The summed E-state index contributed by atoms with van der Waals surface area (Å²) in [5, 5.41) is 6.71. The molecular weight excluding hydrogens is 175 g/mol. The topological polar surface area (TPSA) is 71.5 Å². The van der Waals surface area contributed by atoms with Gasteiger partial charge in [0, 0.05) is 0 Å². The van der Waals surface area contributed by atoms with Crippen LogP contribution in [-0.2, 0) is 4.74 Å². The van der Waals surface area contributed by atoms with Crippen LogP contribution >= 0.6 is 0 Å². The number of hydrogen-bond donors (Lipinski definition) is 2. The fourth-order valence-corrected chi connectivity index (χ4v) is 0.343. The predicted octanol–water partition coefficient (Wildman–Crippen LogP) is 0.877. The molecule has 0 fully saturated rings. The molecule has 0 atom stereocenters. The number of halogens is 3. The lowest BCUT2D eigenvalue weighted by Gasteiger charge is -2.06. The number of alkyl halides is 3. The van der Waals surface area contributed by atoms with Gasteiger partial charge < -0.3 is 10.5 Å². The van der Waals surface area contributed by atoms with Crippen molar-refractivity contribution in [3.05, 3.63) is 0 Å². The van der Waals surface area contributed by atoms with Crippen molar-refractivity contribution in [3.8, 4) is 0 Å². The Kier molecular flexibility index (Phi) is 3.52. The van der Waals surface area contributed by atoms with Crippen LogP contribution < -0.4 is 5.73 Å². The Labute approximate surface area is 66.7 Å². The molecule has 0 aliphatic carbocycles. The first-order valence-corrected chi connectivity index (χ1v) is 2.90. The lowest BCUT2D eigenvalue weighted by atomic mass is 10.7. The maximum absolute atomic E-state index is 11.5. The molecule has 12 heavy (non-hydrogen) atoms. The molecule has 0 rings (SSSR count). The van der Waals surface area contributed by atoms with Crippen LogP contribution in [0, 0.1) is 5.41 Å². The summed E-state index contributed by atoms with van der Waals surface area (Å²) in [4.78, 5) is 3.14. The molecule has 0 unspecified atom stereocenters. The van der Waals surface area contributed by atoms with Gasteiger partial charge in [-0.05, 0) is 6.92 Å². The van der Waals surface area contributed by atoms with Crippen LogP contribution in [0.2, 0.25) is 0 Å². The van der Waals surface area contributed by atoms with Gasteiger partial charge in [0.1, 0.15) is 5.84 Å². The van der Waals surface area contributed by atoms with Gasteiger partial charge in [0.15, 0.2) is 6.61 Å². The molecule has 0 aromatic carbocycles. The van der Waals surface area contributed by atoms with Gasteiger partial charge in [-0.15, -0.1) is 0 Å². The third-order valence-corrected chi connectivity index (χ3v) is 0.650. The van der Waals surface area contributed by atoms with Crippen molar-refractivity contribution in [3.63, 3.8) is 0 Å². The van der Waals surface area contributed by atoms with Crippen molar-refractivity contribution >= 4 is 11.9 Å². The Balaban J connectivity index is 3.81. The number of nitrogens with two attached hydrogens (primary N) is 1. The molecule has 4 nitrogen and oxygen atoms in total. The maximum Gasteiger partial charge on any atom is 0.422 e. The Morgan fingerprint density at radius 3 is 2.42 bits per heavy atom. The van der Waals surface area contributed by atoms with Crippen molar-refractivity contribution in [2.75, 3.05) is 6.61 Å². The number of rotatable bonds is 1. The van der Waals surface area contributed by atoms with E-state index in [1.165, 1.54) is 6.92 Å². The summed E-state index contributed by atoms with van der Waals surface area (Å²) in [7, 11) is 0. The Bertz CT molecular complexity index is 195. The second-order valence-electron chi connectivity index (χ2n) is 1.96. The van der Waals surface area contributed by atoms with E-state index in [1.807, 2.05) is 0 Å². The number of nitrogens with zero attached hydrogens (tertiary/aromatic N) is 1. The molecule has 0 aromatic heterocycles. The minimum absolute atomic E-state index is 0.0258. The first kappa shape index (κ1) is 10.7. The zero-order valence-electron chi connectivity index (χ0n) is 6.27. The molecule has 7 heteroatoms. The largest absolute Gasteiger partial charge is 0.454 e. The lowest BCUT2D eigenvalue weighted by Crippen LogP contribution is -2.20. The van der Waals surface area contributed by atoms with E-state index < -0.39 is 18.8 Å². The van der Waals surface area contributed by atoms with E-state index in [1.54, 1.807) is 0 Å². The minimum atomic E-state index is -4.45. The van der Waals surface area contributed by atoms with E-state index in [0.717, 1.165) is 0 Å². The second-order valence-corrected chi connectivity index (χ2v) is 1.96. The number of amidine groups is 2. The number of nitrogens with one attached hydrogen (secondary N) is 1. The highest BCUT2D eigenvalue weighted by molar-refractivity contribution is 5.89. The highest BCUT2D eigenvalue weighted by atomic mass is 19.4. The summed E-state index contributed by atoms with van der Waals surface area (Å²) in [5.41, 5.74) is 4.98. The zero-order valence-corrected chi connectivity index (χ0v) is 6.27. The normalized spacial score (nSPS) is 12.8. The summed E-state index contributed by atoms with van der Waals surface area (Å²) in [6, 6.07) is -0.840. The van der Waals surface area contributed by atoms with Gasteiger partial charge in [0.2, 0.25) is 0 Å². The van der Waals surface area contributed by atoms with Crippen LogP contribution in [0.4, 0.5) is 13.2 Å². The average Bonchev–Trinajstić information content (AvgIpc) is 1.80. The summed E-state index contributed by atoms with van der Waals surface area (Å²) in [5.74, 6) is -0.0258. The molecule has 0 spiro atoms. The van der Waals surface area contributed by atoms with E-state index in [4.69, 9.17) is 11.1 Å². The first-order valence-electron chi connectivity index (χ1n) is 2.90. The lowest BCUT2D eigenvalue weighted by molar-refractivity contribution is -0.156. The SMILES string of the molecule is CC(N)=NC(=N)OCC(F)(F)F. The van der Waals surface area contributed by atoms with E-state index >= 15 is 0 Å². The Morgan fingerprint density at radius 2 is 2.08 bits per heavy atom. The minimum Gasteiger partial charge on any atom is -0.454 e. The highest BCUT2D eigenvalue weighted by Gasteiger charge is 2.28. The molecule has 0 saturated carbocycles. The van der Waals surface area contributed by atoms with Crippen LogP contribution in [0.15, 0.2) is 4.99 Å². The van der Waals surface area contributed by atoms with Crippen LogP contribution in [0.3, 0.4) is 0 Å². The van der Waals surface area contributed by atoms with Crippen molar-refractivity contribution in [2.24, 2.45) is 10.7 Å². The molecule has 0 aromatic rings. The molecule has 0 radical (unpaired) electrons. The summed E-state index contributed by atoms with van der Waals surface area (Å²) >= 11 is 0. The highest BCUT2D eigenvalue weighted by Crippen LogP contribution is 2.14. The van der Waals surface area contributed by atoms with Crippen LogP contribution in [0.5, 0.6) is 0 Å². The molecule has 0 amide bonds. The third kappa shape index (κ3) is 6.84. The van der Waals surface area contributed by atoms with Gasteiger partial charge in [0.05, 0.1) is 0 Å². The van der Waals surface area contributed by atoms with Crippen molar-refractivity contribution < 1.29 is 17.9 Å². The molecule has 0 saturated heterocycles. The Morgan fingerprint density at radius 1 is 1.58 bits per heavy atom.